The van der Waals surface area contributed by atoms with Gasteiger partial charge in [-0.15, -0.1) is 0 Å². The van der Waals surface area contributed by atoms with E-state index in [2.05, 4.69) is 39.1 Å². The minimum atomic E-state index is -2.38. The van der Waals surface area contributed by atoms with Gasteiger partial charge in [0.05, 0.1) is 79.1 Å². The zero-order valence-corrected chi connectivity index (χ0v) is 39.7. The summed E-state index contributed by atoms with van der Waals surface area (Å²) in [5.74, 6) is -3.89. The first-order chi connectivity index (χ1) is 35.0. The molecule has 392 valence electrons. The third-order valence-electron chi connectivity index (χ3n) is 9.07. The highest BCUT2D eigenvalue weighted by Gasteiger charge is 2.40. The topological polar surface area (TPSA) is 321 Å². The fourth-order valence-electron chi connectivity index (χ4n) is 5.38. The minimum Gasteiger partial charge on any atom is -0.497 e. The normalized spacial score (nSPS) is 10.3. The Balaban J connectivity index is 1.58. The number of hydrogen-bond acceptors (Lipinski definition) is 28. The molecule has 0 N–H and O–H groups in total. The Labute approximate surface area is 412 Å². The van der Waals surface area contributed by atoms with Crippen molar-refractivity contribution in [2.24, 2.45) is 5.41 Å². The van der Waals surface area contributed by atoms with E-state index in [0.29, 0.717) is 0 Å². The summed E-state index contributed by atoms with van der Waals surface area (Å²) in [5.41, 5.74) is -3.29. The molecule has 0 aliphatic carbocycles. The number of ether oxygens (including phenoxy) is 12. The molecule has 0 saturated carbocycles. The van der Waals surface area contributed by atoms with E-state index in [4.69, 9.17) is 56.8 Å². The van der Waals surface area contributed by atoms with Crippen molar-refractivity contribution in [3.8, 4) is 46.0 Å². The quantitative estimate of drug-likeness (QED) is 0.0440. The highest BCUT2D eigenvalue weighted by molar-refractivity contribution is 5.92. The number of methoxy groups -OCH3 is 8. The maximum absolute atomic E-state index is 12.9. The van der Waals surface area contributed by atoms with Crippen molar-refractivity contribution < 1.29 is 134 Å². The number of hydrogen-bond donors (Lipinski definition) is 0. The molecule has 0 spiro atoms. The summed E-state index contributed by atoms with van der Waals surface area (Å²) in [6, 6.07) is 15.3. The van der Waals surface area contributed by atoms with Gasteiger partial charge < -0.3 is 56.8 Å². The first-order valence-electron chi connectivity index (χ1n) is 20.1. The highest BCUT2D eigenvalue weighted by atomic mass is 17.3. The molecule has 0 bridgehead atoms. The third-order valence-corrected chi connectivity index (χ3v) is 9.07. The van der Waals surface area contributed by atoms with E-state index in [0.717, 1.165) is 0 Å². The fraction of sp³-hybridized carbons (Fsp3) is 0.289. The van der Waals surface area contributed by atoms with Gasteiger partial charge in [-0.2, -0.15) is 19.2 Å². The zero-order valence-electron chi connectivity index (χ0n) is 39.7. The van der Waals surface area contributed by atoms with Gasteiger partial charge in [-0.25, -0.2) is 58.3 Å². The van der Waals surface area contributed by atoms with Crippen molar-refractivity contribution in [3.63, 3.8) is 0 Å². The van der Waals surface area contributed by atoms with Crippen LogP contribution in [0.4, 0.5) is 19.2 Å². The van der Waals surface area contributed by atoms with E-state index in [1.807, 2.05) is 0 Å². The number of carbonyl (C=O) groups is 8. The molecule has 0 heterocycles. The highest BCUT2D eigenvalue weighted by Crippen LogP contribution is 2.28. The summed E-state index contributed by atoms with van der Waals surface area (Å²) in [4.78, 5) is 139. The summed E-state index contributed by atoms with van der Waals surface area (Å²) in [6.45, 7) is -4.83. The molecular formula is C45H44O28. The van der Waals surface area contributed by atoms with Crippen molar-refractivity contribution in [1.29, 1.82) is 0 Å². The van der Waals surface area contributed by atoms with Crippen LogP contribution in [0.3, 0.4) is 0 Å². The van der Waals surface area contributed by atoms with Gasteiger partial charge in [0.25, 0.3) is 0 Å². The monoisotopic (exact) mass is 1030 g/mol. The summed E-state index contributed by atoms with van der Waals surface area (Å²) < 4.78 is 61.1. The number of carbonyl (C=O) groups excluding carboxylic acids is 8. The summed E-state index contributed by atoms with van der Waals surface area (Å²) in [6.07, 6.45) is -7.19. The smallest absolute Gasteiger partial charge is 0.497 e. The lowest BCUT2D eigenvalue weighted by Gasteiger charge is -2.30. The third kappa shape index (κ3) is 17.3. The van der Waals surface area contributed by atoms with Crippen LogP contribution in [0.1, 0.15) is 41.4 Å². The van der Waals surface area contributed by atoms with Gasteiger partial charge in [-0.3, -0.25) is 0 Å². The van der Waals surface area contributed by atoms with Crippen LogP contribution in [0.2, 0.25) is 0 Å². The van der Waals surface area contributed by atoms with Crippen LogP contribution in [0, 0.1) is 5.41 Å². The van der Waals surface area contributed by atoms with Crippen molar-refractivity contribution in [3.05, 3.63) is 95.1 Å². The van der Waals surface area contributed by atoms with Crippen molar-refractivity contribution >= 4 is 48.5 Å². The lowest BCUT2D eigenvalue weighted by molar-refractivity contribution is -0.223. The first-order valence-corrected chi connectivity index (χ1v) is 20.1. The number of benzene rings is 4. The molecule has 0 radical (unpaired) electrons. The van der Waals surface area contributed by atoms with Crippen LogP contribution in [-0.2, 0) is 58.0 Å². The van der Waals surface area contributed by atoms with Crippen LogP contribution in [0.15, 0.2) is 72.8 Å². The Morgan fingerprint density at radius 2 is 0.438 bits per heavy atom. The molecule has 0 amide bonds. The van der Waals surface area contributed by atoms with E-state index < -0.39 is 80.3 Å². The average Bonchev–Trinajstić information content (AvgIpc) is 3.42. The molecule has 0 saturated heterocycles. The molecule has 0 atom stereocenters. The van der Waals surface area contributed by atoms with Crippen molar-refractivity contribution in [2.75, 3.05) is 83.3 Å². The van der Waals surface area contributed by atoms with Gasteiger partial charge in [0.1, 0.15) is 77.8 Å². The van der Waals surface area contributed by atoms with Gasteiger partial charge in [-0.05, 0) is 48.5 Å². The number of rotatable bonds is 20. The summed E-state index contributed by atoms with van der Waals surface area (Å²) in [5, 5.41) is 0. The SMILES string of the molecule is COc1cc(OC)cc(C(=O)OOC(=O)OCC(COC(=O)OOC(=O)c2cc(OC)cc(OC)c2)(COC(=O)OOC(=O)c2cc(OC)cc(OC)c2)COC(=O)OOC(=O)c2cc(OC)cc(OC)c2)c1. The summed E-state index contributed by atoms with van der Waals surface area (Å²) in [7, 11) is 10.4. The predicted octanol–water partition coefficient (Wildman–Crippen LogP) is 5.74. The summed E-state index contributed by atoms with van der Waals surface area (Å²) >= 11 is 0. The van der Waals surface area contributed by atoms with Gasteiger partial charge in [0.2, 0.25) is 0 Å². The predicted molar refractivity (Wildman–Crippen MR) is 232 cm³/mol. The maximum Gasteiger partial charge on any atom is 0.549 e. The molecule has 4 aromatic rings. The molecule has 4 rings (SSSR count). The second kappa shape index (κ2) is 27.4. The van der Waals surface area contributed by atoms with Crippen LogP contribution in [-0.4, -0.2) is 132 Å². The molecular weight excluding hydrogens is 988 g/mol. The van der Waals surface area contributed by atoms with E-state index in [1.165, 1.54) is 130 Å². The van der Waals surface area contributed by atoms with E-state index in [-0.39, 0.29) is 68.2 Å². The molecule has 0 aromatic heterocycles. The Morgan fingerprint density at radius 3 is 0.589 bits per heavy atom. The largest absolute Gasteiger partial charge is 0.549 e. The first kappa shape index (κ1) is 55.8. The van der Waals surface area contributed by atoms with Crippen LogP contribution in [0.5, 0.6) is 46.0 Å². The lowest BCUT2D eigenvalue weighted by atomic mass is 9.92. The molecule has 28 heteroatoms. The molecule has 0 aliphatic heterocycles. The van der Waals surface area contributed by atoms with Crippen LogP contribution < -0.4 is 37.9 Å². The van der Waals surface area contributed by atoms with Gasteiger partial charge in [0.15, 0.2) is 0 Å². The average molecular weight is 1030 g/mol. The minimum absolute atomic E-state index is 0.148. The van der Waals surface area contributed by atoms with Crippen LogP contribution >= 0.6 is 0 Å². The second-order valence-corrected chi connectivity index (χ2v) is 13.9. The standard InChI is InChI=1S/C45H44O28/c1-54-29-9-25(10-30(17-29)55-2)37(46)66-70-41(50)62-21-45(22-63-42(51)71-67-38(47)26-11-31(56-3)18-32(12-26)57-4,23-64-43(52)72-68-39(48)27-13-33(58-5)19-34(14-27)59-6)24-65-44(53)73-69-40(49)28-15-35(60-7)20-36(16-28)61-8/h9-20H,21-24H2,1-8H3. The molecule has 28 nitrogen and oxygen atoms in total. The van der Waals surface area contributed by atoms with Crippen molar-refractivity contribution in [1.82, 2.24) is 0 Å². The maximum atomic E-state index is 12.9. The molecule has 73 heavy (non-hydrogen) atoms. The Bertz CT molecular complexity index is 2160. The van der Waals surface area contributed by atoms with Gasteiger partial charge in [-0.1, -0.05) is 0 Å². The Morgan fingerprint density at radius 1 is 0.274 bits per heavy atom. The van der Waals surface area contributed by atoms with Gasteiger partial charge in [0, 0.05) is 24.3 Å². The molecule has 4 aromatic carbocycles. The molecule has 0 aliphatic rings. The second-order valence-electron chi connectivity index (χ2n) is 13.9. The molecule has 0 fully saturated rings. The molecule has 0 unspecified atom stereocenters. The van der Waals surface area contributed by atoms with E-state index in [1.54, 1.807) is 0 Å². The van der Waals surface area contributed by atoms with Crippen molar-refractivity contribution in [2.45, 2.75) is 0 Å². The fourth-order valence-corrected chi connectivity index (χ4v) is 5.38. The zero-order chi connectivity index (χ0) is 53.5. The van der Waals surface area contributed by atoms with E-state index in [9.17, 15) is 38.4 Å². The lowest BCUT2D eigenvalue weighted by Crippen LogP contribution is -2.44. The Kier molecular flexibility index (Phi) is 21.0. The van der Waals surface area contributed by atoms with Gasteiger partial charge >= 0.3 is 48.5 Å². The Hall–Kier alpha value is -9.76. The van der Waals surface area contributed by atoms with Crippen LogP contribution in [0.25, 0.3) is 0 Å². The van der Waals surface area contributed by atoms with E-state index >= 15 is 0 Å².